The molecule has 3 N–H and O–H groups in total. The summed E-state index contributed by atoms with van der Waals surface area (Å²) in [5, 5.41) is 17.4. The molecule has 0 aliphatic carbocycles. The van der Waals surface area contributed by atoms with Crippen molar-refractivity contribution < 1.29 is 8.91 Å². The fraction of sp³-hybridized carbons (Fsp3) is 0.214. The highest BCUT2D eigenvalue weighted by atomic mass is 19.1. The molecule has 1 unspecified atom stereocenters. The van der Waals surface area contributed by atoms with Crippen molar-refractivity contribution in [3.63, 3.8) is 0 Å². The maximum Gasteiger partial charge on any atom is 0.139 e. The van der Waals surface area contributed by atoms with E-state index in [0.717, 1.165) is 0 Å². The van der Waals surface area contributed by atoms with E-state index in [0.29, 0.717) is 23.4 Å². The molecule has 21 heavy (non-hydrogen) atoms. The Balaban J connectivity index is 1.89. The summed E-state index contributed by atoms with van der Waals surface area (Å²) in [7, 11) is 0. The zero-order valence-corrected chi connectivity index (χ0v) is 11.2. The molecule has 0 amide bonds. The first-order valence-corrected chi connectivity index (χ1v) is 6.47. The largest absolute Gasteiger partial charge is 0.383 e. The predicted octanol–water partition coefficient (Wildman–Crippen LogP) is 2.05. The fourth-order valence-corrected chi connectivity index (χ4v) is 2.32. The minimum Gasteiger partial charge on any atom is -0.383 e. The van der Waals surface area contributed by atoms with Crippen molar-refractivity contribution in [3.8, 4) is 0 Å². The lowest BCUT2D eigenvalue weighted by molar-refractivity contribution is 0.211. The molecule has 2 heterocycles. The number of benzene rings is 1. The van der Waals surface area contributed by atoms with Crippen LogP contribution in [-0.2, 0) is 6.54 Å². The van der Waals surface area contributed by atoms with E-state index in [-0.39, 0.29) is 24.2 Å². The van der Waals surface area contributed by atoms with Gasteiger partial charge in [0.05, 0.1) is 12.6 Å². The zero-order chi connectivity index (χ0) is 14.8. The van der Waals surface area contributed by atoms with Crippen molar-refractivity contribution in [3.05, 3.63) is 53.7 Å². The number of rotatable bonds is 4. The highest BCUT2D eigenvalue weighted by Gasteiger charge is 2.31. The van der Waals surface area contributed by atoms with Crippen LogP contribution in [0.4, 0.5) is 4.39 Å². The number of hydrogen-bond donors (Lipinski definition) is 2. The van der Waals surface area contributed by atoms with E-state index in [1.165, 1.54) is 12.3 Å². The van der Waals surface area contributed by atoms with E-state index in [1.54, 1.807) is 29.3 Å². The first-order valence-electron chi connectivity index (χ1n) is 6.47. The quantitative estimate of drug-likeness (QED) is 0.665. The lowest BCUT2D eigenvalue weighted by Crippen LogP contribution is -2.21. The zero-order valence-electron chi connectivity index (χ0n) is 11.2. The van der Waals surface area contributed by atoms with E-state index in [4.69, 9.17) is 15.7 Å². The molecule has 1 atom stereocenters. The van der Waals surface area contributed by atoms with E-state index in [2.05, 4.69) is 10.3 Å². The molecule has 0 saturated carbocycles. The lowest BCUT2D eigenvalue weighted by atomic mass is 10.1. The second kappa shape index (κ2) is 5.35. The highest BCUT2D eigenvalue weighted by molar-refractivity contribution is 6.40. The minimum absolute atomic E-state index is 0.0838. The molecule has 6 nitrogen and oxygen atoms in total. The van der Waals surface area contributed by atoms with Gasteiger partial charge in [0.2, 0.25) is 0 Å². The Hall–Kier alpha value is -2.70. The van der Waals surface area contributed by atoms with E-state index >= 15 is 0 Å². The number of halogens is 1. The summed E-state index contributed by atoms with van der Waals surface area (Å²) >= 11 is 0. The van der Waals surface area contributed by atoms with Crippen LogP contribution in [0.5, 0.6) is 0 Å². The molecular weight excluding hydrogens is 273 g/mol. The Bertz CT molecular complexity index is 682. The number of hydrazone groups is 1. The van der Waals surface area contributed by atoms with Gasteiger partial charge in [-0.05, 0) is 6.07 Å². The van der Waals surface area contributed by atoms with Crippen LogP contribution in [0.3, 0.4) is 0 Å². The van der Waals surface area contributed by atoms with Gasteiger partial charge in [-0.1, -0.05) is 23.4 Å². The van der Waals surface area contributed by atoms with E-state index in [1.807, 2.05) is 0 Å². The molecule has 0 spiro atoms. The lowest BCUT2D eigenvalue weighted by Gasteiger charge is -2.21. The van der Waals surface area contributed by atoms with Crippen LogP contribution in [-0.4, -0.2) is 21.7 Å². The van der Waals surface area contributed by atoms with Gasteiger partial charge in [-0.3, -0.25) is 10.4 Å². The summed E-state index contributed by atoms with van der Waals surface area (Å²) in [6.07, 6.45) is 1.93. The van der Waals surface area contributed by atoms with Crippen molar-refractivity contribution >= 4 is 11.5 Å². The Morgan fingerprint density at radius 1 is 1.43 bits per heavy atom. The smallest absolute Gasteiger partial charge is 0.139 e. The topological polar surface area (TPSA) is 91.5 Å². The first-order chi connectivity index (χ1) is 10.1. The molecule has 1 aliphatic rings. The molecule has 0 radical (unpaired) electrons. The molecule has 7 heteroatoms. The van der Waals surface area contributed by atoms with Gasteiger partial charge in [0.15, 0.2) is 0 Å². The average Bonchev–Trinajstić information content (AvgIpc) is 3.10. The van der Waals surface area contributed by atoms with Gasteiger partial charge < -0.3 is 10.3 Å². The third kappa shape index (κ3) is 2.62. The van der Waals surface area contributed by atoms with Crippen molar-refractivity contribution in [2.75, 3.05) is 0 Å². The standard InChI is InChI=1S/C14H14FN5O/c15-10-4-2-1-3-9(10)8-20-13(11-5-6-21-19-11)7-12(18-20)14(16)17/h1-6,13H,7-8H2,(H3,16,17). The van der Waals surface area contributed by atoms with Crippen LogP contribution in [0, 0.1) is 11.2 Å². The highest BCUT2D eigenvalue weighted by Crippen LogP contribution is 2.31. The number of nitrogens with zero attached hydrogens (tertiary/aromatic N) is 3. The third-order valence-electron chi connectivity index (χ3n) is 3.40. The van der Waals surface area contributed by atoms with Gasteiger partial charge >= 0.3 is 0 Å². The first kappa shape index (κ1) is 13.3. The van der Waals surface area contributed by atoms with Gasteiger partial charge in [0, 0.05) is 18.1 Å². The maximum absolute atomic E-state index is 13.8. The number of nitrogens with one attached hydrogen (secondary N) is 1. The molecule has 0 bridgehead atoms. The number of aromatic nitrogens is 1. The van der Waals surface area contributed by atoms with Gasteiger partial charge in [-0.2, -0.15) is 5.10 Å². The third-order valence-corrected chi connectivity index (χ3v) is 3.40. The number of hydrogen-bond acceptors (Lipinski definition) is 5. The van der Waals surface area contributed by atoms with Crippen molar-refractivity contribution in [2.24, 2.45) is 10.8 Å². The maximum atomic E-state index is 13.8. The second-order valence-corrected chi connectivity index (χ2v) is 4.79. The van der Waals surface area contributed by atoms with E-state index in [9.17, 15) is 4.39 Å². The van der Waals surface area contributed by atoms with Crippen LogP contribution < -0.4 is 5.73 Å². The minimum atomic E-state index is -0.289. The van der Waals surface area contributed by atoms with Gasteiger partial charge in [-0.15, -0.1) is 0 Å². The molecule has 0 saturated heterocycles. The molecular formula is C14H14FN5O. The number of amidine groups is 1. The van der Waals surface area contributed by atoms with Crippen molar-refractivity contribution in [1.29, 1.82) is 5.41 Å². The number of nitrogens with two attached hydrogens (primary N) is 1. The Morgan fingerprint density at radius 2 is 2.24 bits per heavy atom. The molecule has 1 aromatic heterocycles. The van der Waals surface area contributed by atoms with Crippen LogP contribution in [0.1, 0.15) is 23.7 Å². The molecule has 2 aromatic rings. The SMILES string of the molecule is N=C(N)C1=NN(Cc2ccccc2F)C(c2ccon2)C1. The Kier molecular flexibility index (Phi) is 3.39. The second-order valence-electron chi connectivity index (χ2n) is 4.79. The molecule has 3 rings (SSSR count). The summed E-state index contributed by atoms with van der Waals surface area (Å²) in [5.41, 5.74) is 7.19. The van der Waals surface area contributed by atoms with Crippen molar-refractivity contribution in [1.82, 2.24) is 10.2 Å². The fourth-order valence-electron chi connectivity index (χ4n) is 2.32. The monoisotopic (exact) mass is 287 g/mol. The normalized spacial score (nSPS) is 17.9. The van der Waals surface area contributed by atoms with Gasteiger partial charge in [-0.25, -0.2) is 4.39 Å². The van der Waals surface area contributed by atoms with Gasteiger partial charge in [0.1, 0.15) is 29.3 Å². The van der Waals surface area contributed by atoms with E-state index < -0.39 is 0 Å². The van der Waals surface area contributed by atoms with Crippen LogP contribution >= 0.6 is 0 Å². The van der Waals surface area contributed by atoms with Crippen LogP contribution in [0.2, 0.25) is 0 Å². The molecule has 1 aliphatic heterocycles. The Morgan fingerprint density at radius 3 is 2.90 bits per heavy atom. The summed E-state index contributed by atoms with van der Waals surface area (Å²) in [4.78, 5) is 0. The van der Waals surface area contributed by atoms with Gasteiger partial charge in [0.25, 0.3) is 0 Å². The average molecular weight is 287 g/mol. The summed E-state index contributed by atoms with van der Waals surface area (Å²) in [6, 6.07) is 8.06. The Labute approximate surface area is 120 Å². The summed E-state index contributed by atoms with van der Waals surface area (Å²) in [6.45, 7) is 0.279. The molecule has 108 valence electrons. The van der Waals surface area contributed by atoms with Crippen molar-refractivity contribution in [2.45, 2.75) is 19.0 Å². The van der Waals surface area contributed by atoms with Crippen LogP contribution in [0.25, 0.3) is 0 Å². The molecule has 1 aromatic carbocycles. The summed E-state index contributed by atoms with van der Waals surface area (Å²) < 4.78 is 18.7. The van der Waals surface area contributed by atoms with Crippen LogP contribution in [0.15, 0.2) is 46.2 Å². The summed E-state index contributed by atoms with van der Waals surface area (Å²) in [5.74, 6) is -0.373. The predicted molar refractivity (Wildman–Crippen MR) is 75.2 cm³/mol. The molecule has 0 fully saturated rings.